The smallest absolute Gasteiger partial charge is 0.352 e. The summed E-state index contributed by atoms with van der Waals surface area (Å²) < 4.78 is 131. The first kappa shape index (κ1) is 30.9. The third kappa shape index (κ3) is 6.76. The Balaban J connectivity index is 2.32. The third-order valence-corrected chi connectivity index (χ3v) is 5.66. The van der Waals surface area contributed by atoms with Crippen molar-refractivity contribution in [1.82, 2.24) is 5.32 Å². The first-order valence-corrected chi connectivity index (χ1v) is 10.9. The van der Waals surface area contributed by atoms with Crippen molar-refractivity contribution >= 4 is 17.5 Å². The van der Waals surface area contributed by atoms with Crippen molar-refractivity contribution in [3.8, 4) is 0 Å². The zero-order chi connectivity index (χ0) is 29.3. The molecule has 4 nitrogen and oxygen atoms in total. The Labute approximate surface area is 210 Å². The maximum absolute atomic E-state index is 14.6. The molecule has 0 heterocycles. The molecule has 38 heavy (non-hydrogen) atoms. The van der Waals surface area contributed by atoms with Crippen LogP contribution in [0, 0.1) is 13.8 Å². The van der Waals surface area contributed by atoms with E-state index >= 15 is 0 Å². The highest BCUT2D eigenvalue weighted by Crippen LogP contribution is 2.53. The average Bonchev–Trinajstić information content (AvgIpc) is 2.75. The molecule has 0 radical (unpaired) electrons. The molecule has 0 fully saturated rings. The lowest BCUT2D eigenvalue weighted by atomic mass is 9.89. The quantitative estimate of drug-likeness (QED) is 0.359. The molecule has 14 heteroatoms. The van der Waals surface area contributed by atoms with E-state index in [-0.39, 0.29) is 35.3 Å². The van der Waals surface area contributed by atoms with Gasteiger partial charge in [-0.1, -0.05) is 19.1 Å². The lowest BCUT2D eigenvalue weighted by molar-refractivity contribution is -0.348. The van der Waals surface area contributed by atoms with Crippen molar-refractivity contribution < 1.29 is 53.5 Å². The van der Waals surface area contributed by atoms with Gasteiger partial charge in [0.1, 0.15) is 6.42 Å². The summed E-state index contributed by atoms with van der Waals surface area (Å²) in [4.78, 5) is 24.1. The molecule has 2 aromatic carbocycles. The highest BCUT2D eigenvalue weighted by Gasteiger charge is 2.73. The topological polar surface area (TPSA) is 58.2 Å². The molecule has 2 N–H and O–H groups in total. The van der Waals surface area contributed by atoms with Gasteiger partial charge in [-0.2, -0.15) is 39.5 Å². The van der Waals surface area contributed by atoms with E-state index in [4.69, 9.17) is 0 Å². The van der Waals surface area contributed by atoms with Crippen LogP contribution in [0.5, 0.6) is 0 Å². The predicted octanol–water partition coefficient (Wildman–Crippen LogP) is 6.98. The van der Waals surface area contributed by atoms with E-state index < -0.39 is 48.0 Å². The van der Waals surface area contributed by atoms with Crippen molar-refractivity contribution in [2.75, 3.05) is 5.32 Å². The Hall–Kier alpha value is -3.32. The fourth-order valence-electron chi connectivity index (χ4n) is 3.66. The van der Waals surface area contributed by atoms with Gasteiger partial charge in [0.2, 0.25) is 5.91 Å². The molecular formula is C24H22F10N2O2. The number of carbonyl (C=O) groups is 2. The minimum absolute atomic E-state index is 0.00354. The minimum atomic E-state index is -6.29. The predicted molar refractivity (Wildman–Crippen MR) is 117 cm³/mol. The summed E-state index contributed by atoms with van der Waals surface area (Å²) in [5.74, 6) is -2.05. The second-order valence-corrected chi connectivity index (χ2v) is 8.50. The zero-order valence-corrected chi connectivity index (χ0v) is 20.1. The van der Waals surface area contributed by atoms with Crippen LogP contribution in [-0.4, -0.2) is 30.3 Å². The fraction of sp³-hybridized carbons (Fsp3) is 0.417. The number of hydrogen-bond donors (Lipinski definition) is 2. The molecule has 0 atom stereocenters. The number of rotatable bonds is 7. The SMILES string of the molecule is CCc1cc(C(F)(C(F)(F)F)C(F)(F)F)cc(C)c1NC(=O)c1ccc(CNC(=O)CC(F)(F)F)c(C)c1. The molecule has 210 valence electrons. The van der Waals surface area contributed by atoms with Gasteiger partial charge < -0.3 is 10.6 Å². The monoisotopic (exact) mass is 560 g/mol. The molecule has 0 saturated heterocycles. The van der Waals surface area contributed by atoms with Crippen LogP contribution in [0.3, 0.4) is 0 Å². The van der Waals surface area contributed by atoms with Crippen molar-refractivity contribution in [1.29, 1.82) is 0 Å². The van der Waals surface area contributed by atoms with E-state index in [1.165, 1.54) is 32.0 Å². The molecule has 0 spiro atoms. The van der Waals surface area contributed by atoms with E-state index in [0.717, 1.165) is 6.92 Å². The van der Waals surface area contributed by atoms with Gasteiger partial charge in [0, 0.05) is 23.4 Å². The molecule has 2 amide bonds. The van der Waals surface area contributed by atoms with Crippen LogP contribution in [0.2, 0.25) is 0 Å². The zero-order valence-electron chi connectivity index (χ0n) is 20.1. The van der Waals surface area contributed by atoms with Gasteiger partial charge in [-0.15, -0.1) is 0 Å². The Morgan fingerprint density at radius 1 is 0.789 bits per heavy atom. The van der Waals surface area contributed by atoms with Crippen molar-refractivity contribution in [2.45, 2.75) is 64.4 Å². The number of anilines is 1. The summed E-state index contributed by atoms with van der Waals surface area (Å²) in [5.41, 5.74) is -7.01. The summed E-state index contributed by atoms with van der Waals surface area (Å²) >= 11 is 0. The van der Waals surface area contributed by atoms with Crippen molar-refractivity contribution in [3.05, 3.63) is 63.7 Å². The summed E-state index contributed by atoms with van der Waals surface area (Å²) in [6.07, 6.45) is -19.1. The third-order valence-electron chi connectivity index (χ3n) is 5.66. The molecule has 0 aliphatic carbocycles. The van der Waals surface area contributed by atoms with Crippen molar-refractivity contribution in [2.24, 2.45) is 0 Å². The van der Waals surface area contributed by atoms with E-state index in [0.29, 0.717) is 23.3 Å². The molecule has 0 aromatic heterocycles. The number of hydrogen-bond acceptors (Lipinski definition) is 2. The molecule has 0 saturated carbocycles. The minimum Gasteiger partial charge on any atom is -0.352 e. The Bertz CT molecular complexity index is 1190. The summed E-state index contributed by atoms with van der Waals surface area (Å²) in [6.45, 7) is 3.76. The summed E-state index contributed by atoms with van der Waals surface area (Å²) in [6, 6.07) is 4.73. The Morgan fingerprint density at radius 2 is 1.37 bits per heavy atom. The number of amides is 2. The van der Waals surface area contributed by atoms with E-state index in [9.17, 15) is 53.5 Å². The van der Waals surface area contributed by atoms with Crippen LogP contribution in [0.15, 0.2) is 30.3 Å². The van der Waals surface area contributed by atoms with Gasteiger partial charge in [-0.05, 0) is 60.7 Å². The first-order valence-electron chi connectivity index (χ1n) is 10.9. The fourth-order valence-corrected chi connectivity index (χ4v) is 3.66. The number of halogens is 10. The van der Waals surface area contributed by atoms with Crippen LogP contribution < -0.4 is 10.6 Å². The van der Waals surface area contributed by atoms with Crippen LogP contribution in [0.25, 0.3) is 0 Å². The second kappa shape index (κ2) is 10.8. The average molecular weight is 560 g/mol. The molecule has 2 rings (SSSR count). The number of carbonyl (C=O) groups excluding carboxylic acids is 2. The van der Waals surface area contributed by atoms with E-state index in [1.54, 1.807) is 0 Å². The van der Waals surface area contributed by atoms with Crippen LogP contribution in [0.1, 0.15) is 51.5 Å². The molecule has 2 aromatic rings. The van der Waals surface area contributed by atoms with Crippen LogP contribution in [0.4, 0.5) is 49.6 Å². The molecule has 0 aliphatic heterocycles. The number of nitrogens with one attached hydrogen (secondary N) is 2. The normalized spacial score (nSPS) is 12.9. The van der Waals surface area contributed by atoms with Crippen LogP contribution >= 0.6 is 0 Å². The van der Waals surface area contributed by atoms with Gasteiger partial charge in [0.15, 0.2) is 0 Å². The summed E-state index contributed by atoms with van der Waals surface area (Å²) in [5, 5.41) is 4.50. The molecule has 0 bridgehead atoms. The maximum Gasteiger partial charge on any atom is 0.435 e. The van der Waals surface area contributed by atoms with Crippen LogP contribution in [-0.2, 0) is 23.4 Å². The lowest BCUT2D eigenvalue weighted by Crippen LogP contribution is -2.50. The number of benzene rings is 2. The highest BCUT2D eigenvalue weighted by molar-refractivity contribution is 6.05. The van der Waals surface area contributed by atoms with Gasteiger partial charge in [-0.25, -0.2) is 4.39 Å². The number of alkyl halides is 10. The first-order chi connectivity index (χ1) is 17.2. The van der Waals surface area contributed by atoms with Crippen molar-refractivity contribution in [3.63, 3.8) is 0 Å². The Morgan fingerprint density at radius 3 is 1.84 bits per heavy atom. The molecule has 0 unspecified atom stereocenters. The van der Waals surface area contributed by atoms with Gasteiger partial charge >= 0.3 is 24.2 Å². The Kier molecular flexibility index (Phi) is 8.79. The standard InChI is InChI=1S/C24H22F10N2O2/c1-4-14-9-17(22(28,23(29,30)31)24(32,33)34)8-13(3)19(14)36-20(38)15-5-6-16(12(2)7-15)11-35-18(37)10-21(25,26)27/h5-9H,4,10-11H2,1-3H3,(H,35,37)(H,36,38). The van der Waals surface area contributed by atoms with Gasteiger partial charge in [0.05, 0.1) is 0 Å². The maximum atomic E-state index is 14.6. The second-order valence-electron chi connectivity index (χ2n) is 8.50. The summed E-state index contributed by atoms with van der Waals surface area (Å²) in [7, 11) is 0. The highest BCUT2D eigenvalue weighted by atomic mass is 19.4. The molecular weight excluding hydrogens is 538 g/mol. The van der Waals surface area contributed by atoms with E-state index in [1.807, 2.05) is 0 Å². The lowest BCUT2D eigenvalue weighted by Gasteiger charge is -2.31. The largest absolute Gasteiger partial charge is 0.435 e. The van der Waals surface area contributed by atoms with E-state index in [2.05, 4.69) is 10.6 Å². The number of aryl methyl sites for hydroxylation is 3. The molecule has 0 aliphatic rings. The van der Waals surface area contributed by atoms with Gasteiger partial charge in [0.25, 0.3) is 5.91 Å². The van der Waals surface area contributed by atoms with Gasteiger partial charge in [-0.3, -0.25) is 9.59 Å².